The van der Waals surface area contributed by atoms with Crippen LogP contribution in [0, 0.1) is 0 Å². The van der Waals surface area contributed by atoms with Crippen LogP contribution >= 0.6 is 68.0 Å². The van der Waals surface area contributed by atoms with Crippen molar-refractivity contribution in [2.45, 2.75) is 0 Å². The first-order valence-electron chi connectivity index (χ1n) is 14.9. The number of fused-ring (bicyclic) bond motifs is 5. The maximum Gasteiger partial charge on any atom is 0.203 e. The van der Waals surface area contributed by atoms with Gasteiger partial charge in [0, 0.05) is 29.9 Å². The van der Waals surface area contributed by atoms with Crippen LogP contribution < -0.4 is 0 Å². The molecule has 0 aliphatic heterocycles. The molecule has 0 bridgehead atoms. The smallest absolute Gasteiger partial charge is 0.203 e. The normalized spacial score (nSPS) is 11.9. The van der Waals surface area contributed by atoms with Crippen LogP contribution in [-0.2, 0) is 0 Å². The van der Waals surface area contributed by atoms with Crippen LogP contribution in [-0.4, -0.2) is 21.5 Å². The predicted molar refractivity (Wildman–Crippen MR) is 207 cm³/mol. The van der Waals surface area contributed by atoms with Gasteiger partial charge in [0.2, 0.25) is 11.6 Å². The van der Waals surface area contributed by atoms with Crippen molar-refractivity contribution in [2.75, 3.05) is 0 Å². The van der Waals surface area contributed by atoms with E-state index in [9.17, 15) is 9.59 Å². The van der Waals surface area contributed by atoms with E-state index in [2.05, 4.69) is 36.4 Å². The monoisotopic (exact) mass is 726 g/mol. The zero-order chi connectivity index (χ0) is 31.9. The zero-order valence-corrected chi connectivity index (χ0v) is 29.5. The number of thiazole rings is 2. The quantitative estimate of drug-likeness (QED) is 0.160. The molecule has 48 heavy (non-hydrogen) atoms. The van der Waals surface area contributed by atoms with Crippen LogP contribution in [0.3, 0.4) is 0 Å². The molecule has 6 aromatic heterocycles. The van der Waals surface area contributed by atoms with Crippen molar-refractivity contribution in [1.29, 1.82) is 0 Å². The molecule has 0 aliphatic carbocycles. The van der Waals surface area contributed by atoms with Gasteiger partial charge in [-0.05, 0) is 59.3 Å². The molecule has 228 valence electrons. The lowest BCUT2D eigenvalue weighted by atomic mass is 10.1. The largest absolute Gasteiger partial charge is 0.288 e. The van der Waals surface area contributed by atoms with Gasteiger partial charge in [0.25, 0.3) is 0 Å². The molecule has 0 unspecified atom stereocenters. The Morgan fingerprint density at radius 3 is 1.25 bits per heavy atom. The standard InChI is InChI=1S/C38H18N2O2S6/c41-35(19-7-3-1-4-8-19)31-15-27-29(43-31)17-33(45-27)37-39-23-11-21-14-26-24(12-22(21)13-25(23)47-37)40-38(48-26)34-18-30-28(46-34)16-32(44-30)36(42)20-9-5-2-6-10-20/h1-18H. The summed E-state index contributed by atoms with van der Waals surface area (Å²) in [7, 11) is 0. The lowest BCUT2D eigenvalue weighted by Gasteiger charge is -1.97. The Morgan fingerprint density at radius 2 is 0.833 bits per heavy atom. The summed E-state index contributed by atoms with van der Waals surface area (Å²) in [5.74, 6) is 0.138. The van der Waals surface area contributed by atoms with Gasteiger partial charge >= 0.3 is 0 Å². The maximum absolute atomic E-state index is 12.9. The van der Waals surface area contributed by atoms with Gasteiger partial charge in [-0.15, -0.1) is 68.0 Å². The van der Waals surface area contributed by atoms with Gasteiger partial charge in [0.15, 0.2) is 0 Å². The maximum atomic E-state index is 12.9. The molecule has 4 aromatic carbocycles. The van der Waals surface area contributed by atoms with E-state index in [1.165, 1.54) is 0 Å². The number of benzene rings is 4. The van der Waals surface area contributed by atoms with E-state index in [0.29, 0.717) is 0 Å². The van der Waals surface area contributed by atoms with E-state index in [4.69, 9.17) is 9.97 Å². The van der Waals surface area contributed by atoms with Crippen molar-refractivity contribution < 1.29 is 9.59 Å². The van der Waals surface area contributed by atoms with Crippen molar-refractivity contribution in [1.82, 2.24) is 9.97 Å². The molecule has 0 amide bonds. The summed E-state index contributed by atoms with van der Waals surface area (Å²) in [6.07, 6.45) is 0. The topological polar surface area (TPSA) is 59.9 Å². The van der Waals surface area contributed by atoms with Crippen molar-refractivity contribution in [3.8, 4) is 19.8 Å². The molecular weight excluding hydrogens is 709 g/mol. The molecule has 10 aromatic rings. The van der Waals surface area contributed by atoms with Crippen LogP contribution in [0.5, 0.6) is 0 Å². The molecule has 0 N–H and O–H groups in total. The van der Waals surface area contributed by atoms with Crippen LogP contribution in [0.4, 0.5) is 0 Å². The molecule has 0 fully saturated rings. The van der Waals surface area contributed by atoms with Gasteiger partial charge in [-0.2, -0.15) is 0 Å². The SMILES string of the molecule is O=C(c1ccccc1)c1cc2sc(-c3nc4cc5cc6sc(-c7cc8sc(C(=O)c9ccccc9)cc8s7)nc6cc5cc4s3)cc2s1. The van der Waals surface area contributed by atoms with Crippen LogP contribution in [0.15, 0.2) is 109 Å². The van der Waals surface area contributed by atoms with Gasteiger partial charge < -0.3 is 0 Å². The van der Waals surface area contributed by atoms with E-state index < -0.39 is 0 Å². The van der Waals surface area contributed by atoms with E-state index >= 15 is 0 Å². The van der Waals surface area contributed by atoms with E-state index in [0.717, 1.165) is 90.7 Å². The second kappa shape index (κ2) is 11.1. The van der Waals surface area contributed by atoms with E-state index in [1.807, 2.05) is 72.8 Å². The lowest BCUT2D eigenvalue weighted by molar-refractivity contribution is 0.103. The third kappa shape index (κ3) is 4.79. The average molecular weight is 727 g/mol. The Morgan fingerprint density at radius 1 is 0.417 bits per heavy atom. The predicted octanol–water partition coefficient (Wildman–Crippen LogP) is 12.4. The summed E-state index contributed by atoms with van der Waals surface area (Å²) in [6, 6.07) is 36.1. The second-order valence-corrected chi connectivity index (χ2v) is 17.7. The summed E-state index contributed by atoms with van der Waals surface area (Å²) >= 11 is 9.88. The van der Waals surface area contributed by atoms with Gasteiger partial charge in [0.1, 0.15) is 10.0 Å². The Kier molecular flexibility index (Phi) is 6.59. The Bertz CT molecular complexity index is 2560. The fourth-order valence-electron chi connectivity index (χ4n) is 5.88. The fraction of sp³-hybridized carbons (Fsp3) is 0. The highest BCUT2D eigenvalue weighted by Crippen LogP contribution is 2.44. The van der Waals surface area contributed by atoms with Crippen LogP contribution in [0.25, 0.3) is 69.8 Å². The number of carbonyl (C=O) groups is 2. The molecule has 0 saturated heterocycles. The summed E-state index contributed by atoms with van der Waals surface area (Å²) in [6.45, 7) is 0. The molecule has 0 saturated carbocycles. The Labute approximate surface area is 296 Å². The van der Waals surface area contributed by atoms with Crippen molar-refractivity contribution in [3.05, 3.63) is 130 Å². The molecule has 6 heterocycles. The summed E-state index contributed by atoms with van der Waals surface area (Å²) in [5, 5.41) is 4.29. The first-order valence-corrected chi connectivity index (χ1v) is 19.8. The number of carbonyl (C=O) groups excluding carboxylic acids is 2. The average Bonchev–Trinajstić information content (AvgIpc) is 3.95. The zero-order valence-electron chi connectivity index (χ0n) is 24.6. The van der Waals surface area contributed by atoms with Crippen molar-refractivity contribution >= 4 is 130 Å². The molecule has 0 aliphatic rings. The van der Waals surface area contributed by atoms with Crippen molar-refractivity contribution in [2.24, 2.45) is 0 Å². The fourth-order valence-corrected chi connectivity index (χ4v) is 12.7. The molecule has 0 spiro atoms. The first kappa shape index (κ1) is 28.6. The number of ketones is 2. The van der Waals surface area contributed by atoms with E-state index in [-0.39, 0.29) is 11.6 Å². The van der Waals surface area contributed by atoms with Crippen molar-refractivity contribution in [3.63, 3.8) is 0 Å². The van der Waals surface area contributed by atoms with Gasteiger partial charge in [-0.1, -0.05) is 60.7 Å². The number of hydrogen-bond acceptors (Lipinski definition) is 10. The molecule has 4 nitrogen and oxygen atoms in total. The van der Waals surface area contributed by atoms with E-state index in [1.54, 1.807) is 68.0 Å². The third-order valence-electron chi connectivity index (χ3n) is 8.21. The van der Waals surface area contributed by atoms with Crippen LogP contribution in [0.2, 0.25) is 0 Å². The second-order valence-electron chi connectivity index (χ2n) is 11.3. The number of nitrogens with zero attached hydrogens (tertiary/aromatic N) is 2. The Hall–Kier alpha value is -4.42. The Balaban J connectivity index is 0.944. The highest BCUT2D eigenvalue weighted by Gasteiger charge is 2.19. The molecule has 0 atom stereocenters. The number of hydrogen-bond donors (Lipinski definition) is 0. The molecule has 10 heteroatoms. The minimum Gasteiger partial charge on any atom is -0.288 e. The minimum absolute atomic E-state index is 0.0692. The van der Waals surface area contributed by atoms with Gasteiger partial charge in [0.05, 0.1) is 39.9 Å². The summed E-state index contributed by atoms with van der Waals surface area (Å²) in [5.41, 5.74) is 3.41. The van der Waals surface area contributed by atoms with Gasteiger partial charge in [-0.25, -0.2) is 9.97 Å². The molecule has 10 rings (SSSR count). The number of rotatable bonds is 6. The highest BCUT2D eigenvalue weighted by molar-refractivity contribution is 7.33. The highest BCUT2D eigenvalue weighted by atomic mass is 32.1. The number of thiophene rings is 4. The minimum atomic E-state index is 0.0692. The number of aromatic nitrogens is 2. The summed E-state index contributed by atoms with van der Waals surface area (Å²) in [4.78, 5) is 39.8. The molecule has 0 radical (unpaired) electrons. The lowest BCUT2D eigenvalue weighted by Crippen LogP contribution is -1.97. The molecular formula is C38H18N2O2S6. The van der Waals surface area contributed by atoms with Crippen LogP contribution in [0.1, 0.15) is 30.5 Å². The summed E-state index contributed by atoms with van der Waals surface area (Å²) < 4.78 is 6.76. The third-order valence-corrected chi connectivity index (χ3v) is 15.2. The van der Waals surface area contributed by atoms with Gasteiger partial charge in [-0.3, -0.25) is 9.59 Å². The first-order chi connectivity index (χ1) is 23.5.